The van der Waals surface area contributed by atoms with Crippen LogP contribution in [-0.2, 0) is 28.9 Å². The molecule has 1 saturated carbocycles. The predicted octanol–water partition coefficient (Wildman–Crippen LogP) is 3.28. The number of aryl methyl sites for hydroxylation is 2. The summed E-state index contributed by atoms with van der Waals surface area (Å²) < 4.78 is 8.51. The first-order chi connectivity index (χ1) is 22.7. The van der Waals surface area contributed by atoms with Gasteiger partial charge in [-0.15, -0.1) is 23.2 Å². The molecule has 1 aromatic heterocycles. The molecule has 2 aliphatic carbocycles. The van der Waals surface area contributed by atoms with E-state index in [4.69, 9.17) is 32.9 Å². The summed E-state index contributed by atoms with van der Waals surface area (Å²) in [4.78, 5) is 33.5. The fraction of sp³-hybridized carbons (Fsp3) is 0.853. The van der Waals surface area contributed by atoms with Gasteiger partial charge in [-0.25, -0.2) is 9.99 Å². The van der Waals surface area contributed by atoms with Crippen LogP contribution >= 0.6 is 35.0 Å². The van der Waals surface area contributed by atoms with Gasteiger partial charge >= 0.3 is 5.97 Å². The van der Waals surface area contributed by atoms with E-state index in [1.54, 1.807) is 0 Å². The zero-order valence-electron chi connectivity index (χ0n) is 27.8. The zero-order chi connectivity index (χ0) is 32.8. The van der Waals surface area contributed by atoms with Crippen LogP contribution in [-0.4, -0.2) is 115 Å². The number of hydrogen-bond acceptors (Lipinski definition) is 9. The van der Waals surface area contributed by atoms with Gasteiger partial charge in [0.25, 0.3) is 5.56 Å². The Hall–Kier alpha value is -0.920. The summed E-state index contributed by atoms with van der Waals surface area (Å²) >= 11 is 14.9. The number of likely N-dealkylation sites (tertiary alicyclic amines) is 1. The summed E-state index contributed by atoms with van der Waals surface area (Å²) in [5, 5.41) is 16.4. The maximum Gasteiger partial charge on any atom is 0.308 e. The molecule has 0 aromatic carbocycles. The topological polar surface area (TPSA) is 112 Å². The minimum atomic E-state index is -0.701. The molecule has 10 nitrogen and oxygen atoms in total. The second-order valence-electron chi connectivity index (χ2n) is 15.0. The summed E-state index contributed by atoms with van der Waals surface area (Å²) in [6, 6.07) is 1.16. The minimum Gasteiger partial charge on any atom is -0.481 e. The largest absolute Gasteiger partial charge is 0.481 e. The molecule has 47 heavy (non-hydrogen) atoms. The van der Waals surface area contributed by atoms with Gasteiger partial charge < -0.3 is 15.2 Å². The molecule has 6 aliphatic rings. The van der Waals surface area contributed by atoms with Crippen LogP contribution in [0.2, 0.25) is 0 Å². The third-order valence-electron chi connectivity index (χ3n) is 12.1. The number of halogens is 2. The van der Waals surface area contributed by atoms with Gasteiger partial charge in [0.2, 0.25) is 0 Å². The lowest BCUT2D eigenvalue weighted by molar-refractivity contribution is -0.142. The predicted molar refractivity (Wildman–Crippen MR) is 187 cm³/mol. The molecular weight excluding hydrogens is 659 g/mol. The number of carboxylic acids is 1. The Morgan fingerprint density at radius 2 is 1.89 bits per heavy atom. The monoisotopic (exact) mass is 710 g/mol. The number of ether oxygens (including phenoxy) is 1. The number of fused-ring (bicyclic) bond motifs is 2. The normalized spacial score (nSPS) is 38.7. The number of aromatic nitrogens is 2. The maximum absolute atomic E-state index is 13.9. The molecule has 5 heterocycles. The van der Waals surface area contributed by atoms with E-state index in [9.17, 15) is 14.7 Å². The molecule has 262 valence electrons. The van der Waals surface area contributed by atoms with Crippen molar-refractivity contribution in [3.8, 4) is 0 Å². The summed E-state index contributed by atoms with van der Waals surface area (Å²) in [5.74, 6) is 1.01. The van der Waals surface area contributed by atoms with Crippen LogP contribution in [0.1, 0.15) is 69.0 Å². The number of piperidine rings is 2. The van der Waals surface area contributed by atoms with E-state index in [1.165, 1.54) is 0 Å². The number of carboxylic acid groups (broad SMARTS) is 1. The van der Waals surface area contributed by atoms with Gasteiger partial charge in [-0.1, -0.05) is 0 Å². The van der Waals surface area contributed by atoms with Crippen LogP contribution in [0.5, 0.6) is 0 Å². The highest BCUT2D eigenvalue weighted by Crippen LogP contribution is 2.48. The number of hydrogen-bond donors (Lipinski definition) is 3. The van der Waals surface area contributed by atoms with E-state index in [0.717, 1.165) is 101 Å². The number of carbonyl (C=O) groups is 1. The van der Waals surface area contributed by atoms with Crippen LogP contribution in [0.25, 0.3) is 0 Å². The first-order valence-electron chi connectivity index (χ1n) is 18.0. The Kier molecular flexibility index (Phi) is 10.8. The van der Waals surface area contributed by atoms with Gasteiger partial charge in [-0.3, -0.25) is 24.5 Å². The van der Waals surface area contributed by atoms with Crippen molar-refractivity contribution in [2.45, 2.75) is 124 Å². The van der Waals surface area contributed by atoms with Crippen molar-refractivity contribution in [1.82, 2.24) is 30.2 Å². The molecule has 13 heteroatoms. The third kappa shape index (κ3) is 7.30. The first-order valence-corrected chi connectivity index (χ1v) is 19.9. The number of nitrogens with one attached hydrogen (secondary N) is 2. The summed E-state index contributed by atoms with van der Waals surface area (Å²) in [6.07, 6.45) is 8.70. The number of rotatable bonds is 8. The smallest absolute Gasteiger partial charge is 0.308 e. The summed E-state index contributed by atoms with van der Waals surface area (Å²) in [7, 11) is 0. The lowest BCUT2D eigenvalue weighted by Gasteiger charge is -2.47. The minimum absolute atomic E-state index is 0.0127. The van der Waals surface area contributed by atoms with Crippen molar-refractivity contribution in [3.63, 3.8) is 0 Å². The Bertz CT molecular complexity index is 1350. The molecule has 3 N–H and O–H groups in total. The molecule has 0 radical (unpaired) electrons. The maximum atomic E-state index is 13.9. The van der Waals surface area contributed by atoms with Gasteiger partial charge in [-0.05, 0) is 96.6 Å². The van der Waals surface area contributed by atoms with E-state index in [-0.39, 0.29) is 51.6 Å². The van der Waals surface area contributed by atoms with Crippen LogP contribution < -0.4 is 16.3 Å². The summed E-state index contributed by atoms with van der Waals surface area (Å²) in [6.45, 7) is 8.94. The van der Waals surface area contributed by atoms with Gasteiger partial charge in [-0.2, -0.15) is 11.8 Å². The van der Waals surface area contributed by atoms with Gasteiger partial charge in [0.05, 0.1) is 36.2 Å². The molecule has 4 saturated heterocycles. The molecule has 5 fully saturated rings. The fourth-order valence-corrected chi connectivity index (χ4v) is 12.1. The van der Waals surface area contributed by atoms with Gasteiger partial charge in [0.15, 0.2) is 0 Å². The van der Waals surface area contributed by atoms with Crippen LogP contribution in [0.4, 0.5) is 0 Å². The van der Waals surface area contributed by atoms with Gasteiger partial charge in [0, 0.05) is 59.2 Å². The standard InChI is InChI=1S/C34H52Cl2N6O4S/c1-19-13-26(32-31(38-19)28(18-47-32)34(44)45)25-14-21(35)3-6-30(25)46-12-11-41-20(2)39-29-5-4-24(15-27(29)33(41)43)40-9-7-23(8-10-40)42-17-22(36)16-37-42/h19,21-26,28,30-32,37-38H,3-18H2,1-2H3,(H,44,45)/t19?,21?,22?,24-,25?,26?,28?,30?,31?,32?/m1/s1. The van der Waals surface area contributed by atoms with E-state index < -0.39 is 5.97 Å². The van der Waals surface area contributed by atoms with E-state index in [2.05, 4.69) is 27.6 Å². The molecular formula is C34H52Cl2N6O4S. The van der Waals surface area contributed by atoms with Crippen molar-refractivity contribution in [3.05, 3.63) is 27.4 Å². The highest BCUT2D eigenvalue weighted by Gasteiger charge is 2.51. The SMILES string of the molecule is Cc1nc2c(c(=O)n1CCOC1CCC(Cl)CC1C1CC(C)NC3C(C(=O)O)CSC13)C[C@H](N1CCC(N3CC(Cl)CN3)CC1)CC2. The Balaban J connectivity index is 0.984. The molecule has 9 unspecified atom stereocenters. The molecule has 4 aliphatic heterocycles. The van der Waals surface area contributed by atoms with Crippen molar-refractivity contribution in [2.24, 2.45) is 17.8 Å². The molecule has 0 amide bonds. The molecule has 1 aromatic rings. The number of aliphatic carboxylic acids is 1. The van der Waals surface area contributed by atoms with Crippen molar-refractivity contribution in [2.75, 3.05) is 38.5 Å². The summed E-state index contributed by atoms with van der Waals surface area (Å²) in [5.41, 5.74) is 5.44. The van der Waals surface area contributed by atoms with Gasteiger partial charge in [0.1, 0.15) is 5.82 Å². The molecule has 0 bridgehead atoms. The molecule has 0 spiro atoms. The Labute approximate surface area is 293 Å². The van der Waals surface area contributed by atoms with E-state index in [1.807, 2.05) is 23.3 Å². The molecule has 10 atom stereocenters. The fourth-order valence-electron chi connectivity index (χ4n) is 9.70. The Morgan fingerprint density at radius 1 is 1.09 bits per heavy atom. The average molecular weight is 712 g/mol. The second-order valence-corrected chi connectivity index (χ2v) is 17.5. The lowest BCUT2D eigenvalue weighted by atomic mass is 9.70. The third-order valence-corrected chi connectivity index (χ3v) is 14.4. The zero-order valence-corrected chi connectivity index (χ0v) is 30.1. The Morgan fingerprint density at radius 3 is 2.64 bits per heavy atom. The number of nitrogens with zero attached hydrogens (tertiary/aromatic N) is 4. The van der Waals surface area contributed by atoms with Crippen LogP contribution in [0.3, 0.4) is 0 Å². The van der Waals surface area contributed by atoms with Crippen LogP contribution in [0, 0.1) is 24.7 Å². The first kappa shape index (κ1) is 34.5. The molecule has 7 rings (SSSR count). The quantitative estimate of drug-likeness (QED) is 0.348. The van der Waals surface area contributed by atoms with E-state index >= 15 is 0 Å². The number of alkyl halides is 2. The number of hydrazine groups is 1. The highest BCUT2D eigenvalue weighted by molar-refractivity contribution is 8.00. The lowest BCUT2D eigenvalue weighted by Crippen LogP contribution is -2.57. The highest BCUT2D eigenvalue weighted by atomic mass is 35.5. The second kappa shape index (κ2) is 14.7. The van der Waals surface area contributed by atoms with Crippen LogP contribution in [0.15, 0.2) is 4.79 Å². The number of thioether (sulfide) groups is 1. The van der Waals surface area contributed by atoms with E-state index in [0.29, 0.717) is 36.9 Å². The van der Waals surface area contributed by atoms with Crippen molar-refractivity contribution in [1.29, 1.82) is 0 Å². The van der Waals surface area contributed by atoms with Crippen molar-refractivity contribution >= 4 is 40.9 Å². The average Bonchev–Trinajstić information content (AvgIpc) is 3.69. The van der Waals surface area contributed by atoms with Crippen molar-refractivity contribution < 1.29 is 14.6 Å².